The van der Waals surface area contributed by atoms with Crippen LogP contribution in [0, 0.1) is 0 Å². The third-order valence-corrected chi connectivity index (χ3v) is 12.9. The molecule has 0 aliphatic carbocycles. The molecule has 1 aromatic heterocycles. The van der Waals surface area contributed by atoms with Crippen LogP contribution in [0.2, 0.25) is 0 Å². The average molecular weight is 756 g/mol. The van der Waals surface area contributed by atoms with Crippen LogP contribution in [0.5, 0.6) is 0 Å². The highest BCUT2D eigenvalue weighted by Crippen LogP contribution is 2.28. The Hall–Kier alpha value is -0.790. The Labute approximate surface area is 342 Å². The van der Waals surface area contributed by atoms with Crippen LogP contribution >= 0.6 is 0 Å². The number of unbranched alkanes of at least 4 members (excludes halogenated alkanes) is 37. The van der Waals surface area contributed by atoms with Gasteiger partial charge in [0.15, 0.2) is 0 Å². The Kier molecular flexibility index (Phi) is 39.7. The molecule has 2 heteroatoms. The number of nitrogens with zero attached hydrogens (tertiary/aromatic N) is 1. The van der Waals surface area contributed by atoms with E-state index in [9.17, 15) is 0 Å². The Morgan fingerprint density at radius 1 is 0.352 bits per heavy atom. The zero-order valence-corrected chi connectivity index (χ0v) is 38.2. The van der Waals surface area contributed by atoms with Gasteiger partial charge in [0.25, 0.3) is 5.82 Å². The SMILES string of the molecule is CCCCCCCCCCCCCCCCCCCC(CCCCCCCCCC)c1[nH]cc[n+]1C(C)CCCCCCCCCCCCCCCCC. The largest absolute Gasteiger partial charge is 0.257 e. The van der Waals surface area contributed by atoms with Gasteiger partial charge in [-0.25, -0.2) is 9.55 Å². The molecule has 0 aliphatic rings. The summed E-state index contributed by atoms with van der Waals surface area (Å²) in [7, 11) is 0. The minimum atomic E-state index is 0.616. The molecule has 0 spiro atoms. The second-order valence-corrected chi connectivity index (χ2v) is 18.2. The van der Waals surface area contributed by atoms with E-state index >= 15 is 0 Å². The van der Waals surface area contributed by atoms with Gasteiger partial charge in [-0.1, -0.05) is 271 Å². The maximum absolute atomic E-state index is 3.79. The van der Waals surface area contributed by atoms with Gasteiger partial charge in [0, 0.05) is 0 Å². The molecule has 0 saturated heterocycles. The fourth-order valence-corrected chi connectivity index (χ4v) is 9.08. The molecule has 1 N–H and O–H groups in total. The van der Waals surface area contributed by atoms with Crippen LogP contribution in [0.1, 0.15) is 322 Å². The predicted octanol–water partition coefficient (Wildman–Crippen LogP) is 18.8. The van der Waals surface area contributed by atoms with E-state index in [4.69, 9.17) is 0 Å². The van der Waals surface area contributed by atoms with Gasteiger partial charge >= 0.3 is 0 Å². The molecule has 0 radical (unpaired) electrons. The first-order chi connectivity index (χ1) is 26.7. The van der Waals surface area contributed by atoms with Crippen molar-refractivity contribution in [3.63, 3.8) is 0 Å². The molecule has 2 nitrogen and oxygen atoms in total. The lowest BCUT2D eigenvalue weighted by Gasteiger charge is -2.17. The highest BCUT2D eigenvalue weighted by molar-refractivity contribution is 4.90. The van der Waals surface area contributed by atoms with E-state index in [1.165, 1.54) is 276 Å². The molecule has 1 rings (SSSR count). The second kappa shape index (κ2) is 41.8. The molecule has 1 heterocycles. The van der Waals surface area contributed by atoms with Gasteiger partial charge in [-0.2, -0.15) is 0 Å². The molecular formula is C52H103N2+. The van der Waals surface area contributed by atoms with E-state index in [1.807, 2.05) is 0 Å². The van der Waals surface area contributed by atoms with E-state index in [2.05, 4.69) is 49.6 Å². The molecule has 0 amide bonds. The minimum Gasteiger partial charge on any atom is -0.247 e. The van der Waals surface area contributed by atoms with Gasteiger partial charge in [-0.3, -0.25) is 0 Å². The molecule has 2 unspecified atom stereocenters. The summed E-state index contributed by atoms with van der Waals surface area (Å²) < 4.78 is 2.66. The lowest BCUT2D eigenvalue weighted by atomic mass is 9.92. The minimum absolute atomic E-state index is 0.616. The third kappa shape index (κ3) is 32.3. The Morgan fingerprint density at radius 3 is 0.870 bits per heavy atom. The van der Waals surface area contributed by atoms with Crippen molar-refractivity contribution in [1.82, 2.24) is 4.98 Å². The van der Waals surface area contributed by atoms with E-state index in [0.717, 1.165) is 0 Å². The first kappa shape index (κ1) is 51.2. The maximum Gasteiger partial charge on any atom is 0.257 e. The zero-order valence-electron chi connectivity index (χ0n) is 38.2. The number of hydrogen-bond donors (Lipinski definition) is 1. The van der Waals surface area contributed by atoms with Crippen LogP contribution < -0.4 is 4.57 Å². The summed E-state index contributed by atoms with van der Waals surface area (Å²) in [5, 5.41) is 0. The lowest BCUT2D eigenvalue weighted by molar-refractivity contribution is -0.727. The number of imidazole rings is 1. The molecule has 0 saturated carbocycles. The van der Waals surface area contributed by atoms with Gasteiger partial charge in [-0.05, 0) is 32.6 Å². The molecule has 0 aliphatic heterocycles. The molecule has 0 fully saturated rings. The Bertz CT molecular complexity index is 828. The second-order valence-electron chi connectivity index (χ2n) is 18.2. The number of hydrogen-bond acceptors (Lipinski definition) is 0. The van der Waals surface area contributed by atoms with E-state index in [0.29, 0.717) is 12.0 Å². The van der Waals surface area contributed by atoms with Crippen LogP contribution in [0.4, 0.5) is 0 Å². The average Bonchev–Trinajstić information content (AvgIpc) is 3.68. The number of nitrogens with one attached hydrogen (secondary N) is 1. The van der Waals surface area contributed by atoms with Crippen molar-refractivity contribution in [2.75, 3.05) is 0 Å². The maximum atomic E-state index is 3.79. The fourth-order valence-electron chi connectivity index (χ4n) is 9.08. The molecule has 0 bridgehead atoms. The van der Waals surface area contributed by atoms with Gasteiger partial charge in [-0.15, -0.1) is 0 Å². The Balaban J connectivity index is 2.28. The molecule has 2 atom stereocenters. The summed E-state index contributed by atoms with van der Waals surface area (Å²) in [6, 6.07) is 0.616. The smallest absolute Gasteiger partial charge is 0.247 e. The van der Waals surface area contributed by atoms with Crippen molar-refractivity contribution in [3.05, 3.63) is 18.2 Å². The molecule has 0 aromatic carbocycles. The number of H-pyrrole nitrogens is 1. The van der Waals surface area contributed by atoms with Gasteiger partial charge in [0.05, 0.1) is 12.0 Å². The van der Waals surface area contributed by atoms with Crippen LogP contribution in [0.15, 0.2) is 12.4 Å². The highest BCUT2D eigenvalue weighted by atomic mass is 15.1. The number of aromatic nitrogens is 2. The van der Waals surface area contributed by atoms with E-state index in [1.54, 1.807) is 5.82 Å². The third-order valence-electron chi connectivity index (χ3n) is 12.9. The fraction of sp³-hybridized carbons (Fsp3) is 0.942. The predicted molar refractivity (Wildman–Crippen MR) is 244 cm³/mol. The Morgan fingerprint density at radius 2 is 0.593 bits per heavy atom. The van der Waals surface area contributed by atoms with Crippen molar-refractivity contribution >= 4 is 0 Å². The van der Waals surface area contributed by atoms with Gasteiger partial charge in [0.1, 0.15) is 12.4 Å². The van der Waals surface area contributed by atoms with Crippen LogP contribution in [0.25, 0.3) is 0 Å². The summed E-state index contributed by atoms with van der Waals surface area (Å²) in [6.45, 7) is 9.45. The van der Waals surface area contributed by atoms with E-state index < -0.39 is 0 Å². The quantitative estimate of drug-likeness (QED) is 0.0505. The van der Waals surface area contributed by atoms with Crippen LogP contribution in [0.3, 0.4) is 0 Å². The van der Waals surface area contributed by atoms with E-state index in [-0.39, 0.29) is 0 Å². The van der Waals surface area contributed by atoms with Crippen molar-refractivity contribution in [2.45, 2.75) is 316 Å². The van der Waals surface area contributed by atoms with Crippen LogP contribution in [-0.4, -0.2) is 4.98 Å². The zero-order chi connectivity index (χ0) is 38.8. The van der Waals surface area contributed by atoms with Crippen molar-refractivity contribution in [1.29, 1.82) is 0 Å². The summed E-state index contributed by atoms with van der Waals surface area (Å²) in [5.41, 5.74) is 0. The number of rotatable bonds is 45. The molecule has 1 aromatic rings. The van der Waals surface area contributed by atoms with Crippen molar-refractivity contribution < 1.29 is 4.57 Å². The molecular weight excluding hydrogens is 653 g/mol. The first-order valence-corrected chi connectivity index (χ1v) is 25.8. The normalized spacial score (nSPS) is 12.9. The summed E-state index contributed by atoms with van der Waals surface area (Å²) in [4.78, 5) is 3.79. The van der Waals surface area contributed by atoms with Crippen molar-refractivity contribution in [3.8, 4) is 0 Å². The van der Waals surface area contributed by atoms with Gasteiger partial charge in [0.2, 0.25) is 0 Å². The summed E-state index contributed by atoms with van der Waals surface area (Å²) in [6.07, 6.45) is 66.6. The topological polar surface area (TPSA) is 19.7 Å². The molecule has 320 valence electrons. The summed E-state index contributed by atoms with van der Waals surface area (Å²) in [5.74, 6) is 2.25. The molecule has 54 heavy (non-hydrogen) atoms. The first-order valence-electron chi connectivity index (χ1n) is 25.8. The standard InChI is InChI=1S/C52H102N2/c1-5-8-11-14-17-20-22-24-26-27-29-31-33-35-38-41-44-47-51(46-43-40-37-19-16-13-10-7-3)52-53-48-49-54(52)50(4)45-42-39-36-34-32-30-28-25-23-21-18-15-12-9-6-2/h48-51H,5-47H2,1-4H3/p+1. The van der Waals surface area contributed by atoms with Crippen LogP contribution in [-0.2, 0) is 0 Å². The monoisotopic (exact) mass is 756 g/mol. The summed E-state index contributed by atoms with van der Waals surface area (Å²) >= 11 is 0. The lowest BCUT2D eigenvalue weighted by Crippen LogP contribution is -2.41. The van der Waals surface area contributed by atoms with Gasteiger partial charge < -0.3 is 0 Å². The highest BCUT2D eigenvalue weighted by Gasteiger charge is 2.25. The number of aromatic amines is 1. The van der Waals surface area contributed by atoms with Crippen molar-refractivity contribution in [2.24, 2.45) is 0 Å².